The molecule has 1 saturated heterocycles. The van der Waals surface area contributed by atoms with E-state index >= 15 is 0 Å². The summed E-state index contributed by atoms with van der Waals surface area (Å²) in [4.78, 5) is 27.4. The molecule has 2 N–H and O–H groups in total. The molecule has 156 valence electrons. The minimum atomic E-state index is -0.260. The Balaban J connectivity index is 1.39. The maximum absolute atomic E-state index is 13.0. The summed E-state index contributed by atoms with van der Waals surface area (Å²) in [6.45, 7) is 4.71. The topological polar surface area (TPSA) is 107 Å². The average Bonchev–Trinajstić information content (AvgIpc) is 3.46. The van der Waals surface area contributed by atoms with Crippen LogP contribution in [0.4, 0.5) is 5.82 Å². The highest BCUT2D eigenvalue weighted by Crippen LogP contribution is 2.26. The van der Waals surface area contributed by atoms with Crippen molar-refractivity contribution in [1.29, 1.82) is 0 Å². The summed E-state index contributed by atoms with van der Waals surface area (Å²) in [5, 5.41) is 8.21. The molecule has 0 saturated carbocycles. The van der Waals surface area contributed by atoms with Crippen LogP contribution < -0.4 is 5.73 Å². The van der Waals surface area contributed by atoms with E-state index in [-0.39, 0.29) is 17.6 Å². The minimum absolute atomic E-state index is 0.0400. The van der Waals surface area contributed by atoms with E-state index in [0.717, 1.165) is 22.7 Å². The van der Waals surface area contributed by atoms with E-state index in [0.29, 0.717) is 43.7 Å². The van der Waals surface area contributed by atoms with Gasteiger partial charge in [-0.05, 0) is 38.8 Å². The van der Waals surface area contributed by atoms with Crippen LogP contribution >= 0.6 is 0 Å². The first-order chi connectivity index (χ1) is 14.5. The molecule has 4 rings (SSSR count). The van der Waals surface area contributed by atoms with Gasteiger partial charge in [0.15, 0.2) is 5.78 Å². The van der Waals surface area contributed by atoms with Gasteiger partial charge in [0.05, 0.1) is 23.1 Å². The van der Waals surface area contributed by atoms with Gasteiger partial charge in [0.25, 0.3) is 0 Å². The molecule has 0 bridgehead atoms. The quantitative estimate of drug-likeness (QED) is 0.630. The maximum atomic E-state index is 13.0. The summed E-state index contributed by atoms with van der Waals surface area (Å²) in [6.07, 6.45) is 3.11. The van der Waals surface area contributed by atoms with Crippen LogP contribution in [0.1, 0.15) is 40.2 Å². The van der Waals surface area contributed by atoms with E-state index in [9.17, 15) is 9.59 Å². The van der Waals surface area contributed by atoms with Crippen molar-refractivity contribution in [2.24, 2.45) is 5.92 Å². The maximum Gasteiger partial charge on any atom is 0.222 e. The zero-order chi connectivity index (χ0) is 21.3. The number of ketones is 1. The number of nitrogens with two attached hydrogens (primary N) is 1. The van der Waals surface area contributed by atoms with Crippen molar-refractivity contribution in [2.75, 3.05) is 18.8 Å². The Kier molecular flexibility index (Phi) is 5.39. The molecule has 3 aromatic rings. The van der Waals surface area contributed by atoms with Gasteiger partial charge in [-0.1, -0.05) is 23.4 Å². The molecule has 1 atom stereocenters. The van der Waals surface area contributed by atoms with E-state index in [1.54, 1.807) is 9.58 Å². The second kappa shape index (κ2) is 8.14. The molecule has 1 fully saturated rings. The van der Waals surface area contributed by atoms with Crippen LogP contribution in [0.3, 0.4) is 0 Å². The molecule has 1 aromatic carbocycles. The van der Waals surface area contributed by atoms with Gasteiger partial charge in [-0.25, -0.2) is 4.68 Å². The molecule has 1 aliphatic heterocycles. The highest BCUT2D eigenvalue weighted by atomic mass is 16.5. The number of anilines is 1. The number of amides is 1. The summed E-state index contributed by atoms with van der Waals surface area (Å²) in [5.74, 6) is 0.799. The number of para-hydroxylation sites is 1. The first kappa shape index (κ1) is 19.9. The van der Waals surface area contributed by atoms with Gasteiger partial charge in [0.2, 0.25) is 5.91 Å². The first-order valence-electron chi connectivity index (χ1n) is 10.1. The van der Waals surface area contributed by atoms with Crippen LogP contribution in [0.15, 0.2) is 41.1 Å². The molecule has 0 radical (unpaired) electrons. The van der Waals surface area contributed by atoms with Crippen molar-refractivity contribution in [1.82, 2.24) is 19.8 Å². The van der Waals surface area contributed by atoms with E-state index in [2.05, 4.69) is 10.3 Å². The van der Waals surface area contributed by atoms with Gasteiger partial charge < -0.3 is 15.2 Å². The van der Waals surface area contributed by atoms with Gasteiger partial charge in [0.1, 0.15) is 11.6 Å². The van der Waals surface area contributed by atoms with Crippen molar-refractivity contribution in [3.8, 4) is 5.69 Å². The molecule has 2 aromatic heterocycles. The number of benzene rings is 1. The van der Waals surface area contributed by atoms with Crippen LogP contribution in [-0.4, -0.2) is 44.6 Å². The van der Waals surface area contributed by atoms with Gasteiger partial charge in [-0.2, -0.15) is 5.10 Å². The van der Waals surface area contributed by atoms with Crippen molar-refractivity contribution >= 4 is 17.5 Å². The van der Waals surface area contributed by atoms with Crippen LogP contribution in [0, 0.1) is 19.8 Å². The number of rotatable bonds is 6. The second-order valence-electron chi connectivity index (χ2n) is 7.68. The number of aryl methyl sites for hydroxylation is 2. The van der Waals surface area contributed by atoms with Gasteiger partial charge in [0, 0.05) is 31.0 Å². The SMILES string of the molecule is Cc1noc(C)c1CCC(=O)N1CC[C@@H](C(=O)c2cnn(-c3ccccc3)c2N)C1. The van der Waals surface area contributed by atoms with Crippen LogP contribution in [0.25, 0.3) is 5.69 Å². The number of Topliss-reactive ketones (excluding diaryl/α,β-unsaturated/α-hetero) is 1. The Labute approximate surface area is 174 Å². The summed E-state index contributed by atoms with van der Waals surface area (Å²) < 4.78 is 6.72. The summed E-state index contributed by atoms with van der Waals surface area (Å²) >= 11 is 0. The molecular weight excluding hydrogens is 382 g/mol. The van der Waals surface area contributed by atoms with Gasteiger partial charge >= 0.3 is 0 Å². The molecule has 30 heavy (non-hydrogen) atoms. The van der Waals surface area contributed by atoms with Crippen LogP contribution in [0.5, 0.6) is 0 Å². The lowest BCUT2D eigenvalue weighted by Gasteiger charge is -2.16. The van der Waals surface area contributed by atoms with E-state index in [1.165, 1.54) is 6.20 Å². The monoisotopic (exact) mass is 407 g/mol. The first-order valence-corrected chi connectivity index (χ1v) is 10.1. The Morgan fingerprint density at radius 2 is 2.00 bits per heavy atom. The molecule has 8 heteroatoms. The molecule has 0 aliphatic carbocycles. The number of hydrogen-bond acceptors (Lipinski definition) is 6. The van der Waals surface area contributed by atoms with Crippen LogP contribution in [0.2, 0.25) is 0 Å². The molecule has 0 unspecified atom stereocenters. The summed E-state index contributed by atoms with van der Waals surface area (Å²) in [5.41, 5.74) is 9.23. The molecular formula is C22H25N5O3. The number of carbonyl (C=O) groups is 2. The molecule has 1 aliphatic rings. The predicted octanol–water partition coefficient (Wildman–Crippen LogP) is 2.72. The van der Waals surface area contributed by atoms with Crippen molar-refractivity contribution < 1.29 is 14.1 Å². The van der Waals surface area contributed by atoms with Gasteiger partial charge in [-0.15, -0.1) is 0 Å². The lowest BCUT2D eigenvalue weighted by molar-refractivity contribution is -0.130. The zero-order valence-corrected chi connectivity index (χ0v) is 17.2. The van der Waals surface area contributed by atoms with Crippen molar-refractivity contribution in [3.63, 3.8) is 0 Å². The fourth-order valence-electron chi connectivity index (χ4n) is 3.99. The number of nitrogens with zero attached hydrogens (tertiary/aromatic N) is 4. The standard InChI is InChI=1S/C22H25N5O3/c1-14-18(15(2)30-25-14)8-9-20(28)26-11-10-16(13-26)21(29)19-12-24-27(22(19)23)17-6-4-3-5-7-17/h3-7,12,16H,8-11,13,23H2,1-2H3/t16-/m1/s1. The molecule has 0 spiro atoms. The number of aromatic nitrogens is 3. The van der Waals surface area contributed by atoms with Crippen molar-refractivity contribution in [2.45, 2.75) is 33.1 Å². The summed E-state index contributed by atoms with van der Waals surface area (Å²) in [6, 6.07) is 9.45. The van der Waals surface area contributed by atoms with E-state index in [4.69, 9.17) is 10.3 Å². The molecule has 8 nitrogen and oxygen atoms in total. The third kappa shape index (κ3) is 3.72. The molecule has 1 amide bonds. The minimum Gasteiger partial charge on any atom is -0.383 e. The van der Waals surface area contributed by atoms with Gasteiger partial charge in [-0.3, -0.25) is 9.59 Å². The Hall–Kier alpha value is -3.42. The number of carbonyl (C=O) groups excluding carboxylic acids is 2. The van der Waals surface area contributed by atoms with E-state index in [1.807, 2.05) is 44.2 Å². The Morgan fingerprint density at radius 3 is 2.70 bits per heavy atom. The number of nitrogen functional groups attached to an aromatic ring is 1. The zero-order valence-electron chi connectivity index (χ0n) is 17.2. The normalized spacial score (nSPS) is 16.2. The predicted molar refractivity (Wildman–Crippen MR) is 111 cm³/mol. The van der Waals surface area contributed by atoms with Crippen molar-refractivity contribution in [3.05, 3.63) is 59.1 Å². The highest BCUT2D eigenvalue weighted by Gasteiger charge is 2.33. The smallest absolute Gasteiger partial charge is 0.222 e. The Bertz CT molecular complexity index is 1050. The third-order valence-corrected chi connectivity index (χ3v) is 5.75. The summed E-state index contributed by atoms with van der Waals surface area (Å²) in [7, 11) is 0. The number of likely N-dealkylation sites (tertiary alicyclic amines) is 1. The lowest BCUT2D eigenvalue weighted by atomic mass is 9.98. The fourth-order valence-corrected chi connectivity index (χ4v) is 3.99. The largest absolute Gasteiger partial charge is 0.383 e. The molecule has 3 heterocycles. The fraction of sp³-hybridized carbons (Fsp3) is 0.364. The van der Waals surface area contributed by atoms with E-state index < -0.39 is 0 Å². The highest BCUT2D eigenvalue weighted by molar-refractivity contribution is 6.02. The van der Waals surface area contributed by atoms with Crippen LogP contribution in [-0.2, 0) is 11.2 Å². The number of hydrogen-bond donors (Lipinski definition) is 1. The third-order valence-electron chi connectivity index (χ3n) is 5.75. The second-order valence-corrected chi connectivity index (χ2v) is 7.68. The lowest BCUT2D eigenvalue weighted by Crippen LogP contribution is -2.30. The average molecular weight is 407 g/mol. The Morgan fingerprint density at radius 1 is 1.23 bits per heavy atom.